The van der Waals surface area contributed by atoms with Crippen LogP contribution in [0.25, 0.3) is 0 Å². The maximum Gasteiger partial charge on any atom is 0.530 e. The van der Waals surface area contributed by atoms with E-state index in [1.165, 1.54) is 21.3 Å². The first-order valence-corrected chi connectivity index (χ1v) is 5.50. The van der Waals surface area contributed by atoms with Crippen LogP contribution in [0.4, 0.5) is 0 Å². The number of hydrogen-bond acceptors (Lipinski definition) is 5. The molecule has 0 aromatic rings. The van der Waals surface area contributed by atoms with Gasteiger partial charge in [-0.3, -0.25) is 0 Å². The lowest BCUT2D eigenvalue weighted by Crippen LogP contribution is -2.55. The summed E-state index contributed by atoms with van der Waals surface area (Å²) in [5.74, 6) is 0. The van der Waals surface area contributed by atoms with Crippen molar-refractivity contribution in [2.24, 2.45) is 5.73 Å². The maximum atomic E-state index is 9.57. The molecule has 0 saturated carbocycles. The molecule has 0 radical (unpaired) electrons. The fourth-order valence-corrected chi connectivity index (χ4v) is 2.83. The maximum absolute atomic E-state index is 9.57. The molecule has 0 spiro atoms. The van der Waals surface area contributed by atoms with Crippen LogP contribution in [0.2, 0.25) is 0 Å². The van der Waals surface area contributed by atoms with Crippen LogP contribution < -0.4 is 5.73 Å². The van der Waals surface area contributed by atoms with Crippen LogP contribution in [0.5, 0.6) is 0 Å². The Labute approximate surface area is 73.8 Å². The van der Waals surface area contributed by atoms with Gasteiger partial charge in [0.2, 0.25) is 0 Å². The Kier molecular flexibility index (Phi) is 5.63. The van der Waals surface area contributed by atoms with Crippen LogP contribution in [-0.4, -0.2) is 47.5 Å². The number of aliphatic hydroxyl groups is 1. The standard InChI is InChI=1S/C6H17NO4Si/c1-9-12(10-2,11-3)6(8)4-5-7/h6,8H,4-5,7H2,1-3H3. The third-order valence-corrected chi connectivity index (χ3v) is 4.51. The summed E-state index contributed by atoms with van der Waals surface area (Å²) >= 11 is 0. The van der Waals surface area contributed by atoms with Crippen molar-refractivity contribution in [3.05, 3.63) is 0 Å². The number of rotatable bonds is 6. The molecule has 5 nitrogen and oxygen atoms in total. The Balaban J connectivity index is 4.24. The molecule has 3 N–H and O–H groups in total. The number of nitrogens with two attached hydrogens (primary N) is 1. The first kappa shape index (κ1) is 12.0. The highest BCUT2D eigenvalue weighted by Crippen LogP contribution is 2.13. The molecule has 0 heterocycles. The Morgan fingerprint density at radius 3 is 1.92 bits per heavy atom. The molecule has 0 aromatic carbocycles. The quantitative estimate of drug-likeness (QED) is 0.538. The molecule has 1 atom stereocenters. The number of hydrogen-bond donors (Lipinski definition) is 2. The molecule has 0 rings (SSSR count). The van der Waals surface area contributed by atoms with Crippen molar-refractivity contribution in [1.29, 1.82) is 0 Å². The smallest absolute Gasteiger partial charge is 0.389 e. The topological polar surface area (TPSA) is 73.9 Å². The summed E-state index contributed by atoms with van der Waals surface area (Å²) in [5.41, 5.74) is 4.54. The van der Waals surface area contributed by atoms with Gasteiger partial charge in [-0.25, -0.2) is 0 Å². The van der Waals surface area contributed by atoms with E-state index in [4.69, 9.17) is 19.0 Å². The predicted octanol–water partition coefficient (Wildman–Crippen LogP) is -0.887. The van der Waals surface area contributed by atoms with Crippen LogP contribution in [0, 0.1) is 0 Å². The van der Waals surface area contributed by atoms with Gasteiger partial charge in [-0.1, -0.05) is 0 Å². The third-order valence-electron chi connectivity index (χ3n) is 1.70. The minimum Gasteiger partial charge on any atom is -0.389 e. The van der Waals surface area contributed by atoms with E-state index in [2.05, 4.69) is 0 Å². The summed E-state index contributed by atoms with van der Waals surface area (Å²) in [6, 6.07) is 0. The largest absolute Gasteiger partial charge is 0.530 e. The highest BCUT2D eigenvalue weighted by Gasteiger charge is 2.46. The Morgan fingerprint density at radius 2 is 1.67 bits per heavy atom. The van der Waals surface area contributed by atoms with Gasteiger partial charge in [0.1, 0.15) is 5.73 Å². The Morgan fingerprint density at radius 1 is 1.25 bits per heavy atom. The van der Waals surface area contributed by atoms with Gasteiger partial charge < -0.3 is 24.1 Å². The van der Waals surface area contributed by atoms with Gasteiger partial charge >= 0.3 is 8.80 Å². The molecule has 74 valence electrons. The van der Waals surface area contributed by atoms with Gasteiger partial charge in [0.25, 0.3) is 0 Å². The molecule has 0 amide bonds. The van der Waals surface area contributed by atoms with Crippen molar-refractivity contribution in [1.82, 2.24) is 0 Å². The van der Waals surface area contributed by atoms with Crippen LogP contribution in [0.1, 0.15) is 6.42 Å². The molecule has 0 aliphatic rings. The van der Waals surface area contributed by atoms with Crippen molar-refractivity contribution in [3.63, 3.8) is 0 Å². The van der Waals surface area contributed by atoms with Crippen LogP contribution in [0.3, 0.4) is 0 Å². The monoisotopic (exact) mass is 195 g/mol. The van der Waals surface area contributed by atoms with Crippen molar-refractivity contribution in [2.75, 3.05) is 27.9 Å². The Bertz CT molecular complexity index is 112. The molecule has 0 fully saturated rings. The second-order valence-corrected chi connectivity index (χ2v) is 5.41. The van der Waals surface area contributed by atoms with Crippen molar-refractivity contribution in [2.45, 2.75) is 12.1 Å². The molecule has 1 unspecified atom stereocenters. The molecule has 0 aliphatic carbocycles. The van der Waals surface area contributed by atoms with Crippen molar-refractivity contribution < 1.29 is 18.4 Å². The number of aliphatic hydroxyl groups excluding tert-OH is 1. The summed E-state index contributed by atoms with van der Waals surface area (Å²) in [6.45, 7) is 0.381. The van der Waals surface area contributed by atoms with Gasteiger partial charge in [-0.2, -0.15) is 0 Å². The normalized spacial score (nSPS) is 14.8. The van der Waals surface area contributed by atoms with Gasteiger partial charge in [-0.05, 0) is 13.0 Å². The van der Waals surface area contributed by atoms with Gasteiger partial charge in [0.05, 0.1) is 0 Å². The fraction of sp³-hybridized carbons (Fsp3) is 1.00. The lowest BCUT2D eigenvalue weighted by atomic mass is 10.5. The molecule has 0 saturated heterocycles. The Hall–Kier alpha value is 0.0169. The zero-order chi connectivity index (χ0) is 9.61. The lowest BCUT2D eigenvalue weighted by Gasteiger charge is -2.28. The molecule has 0 aliphatic heterocycles. The van der Waals surface area contributed by atoms with Crippen LogP contribution in [-0.2, 0) is 13.3 Å². The fourth-order valence-electron chi connectivity index (χ4n) is 0.993. The first-order valence-electron chi connectivity index (χ1n) is 3.70. The lowest BCUT2D eigenvalue weighted by molar-refractivity contribution is 0.0564. The molecule has 6 heteroatoms. The van der Waals surface area contributed by atoms with Gasteiger partial charge in [0.15, 0.2) is 0 Å². The highest BCUT2D eigenvalue weighted by molar-refractivity contribution is 6.61. The predicted molar refractivity (Wildman–Crippen MR) is 46.5 cm³/mol. The van der Waals surface area contributed by atoms with Crippen molar-refractivity contribution >= 4 is 8.80 Å². The van der Waals surface area contributed by atoms with E-state index in [1.54, 1.807) is 0 Å². The first-order chi connectivity index (χ1) is 5.66. The van der Waals surface area contributed by atoms with Crippen molar-refractivity contribution in [3.8, 4) is 0 Å². The van der Waals surface area contributed by atoms with E-state index < -0.39 is 14.5 Å². The second kappa shape index (κ2) is 5.63. The van der Waals surface area contributed by atoms with E-state index in [9.17, 15) is 5.11 Å². The van der Waals surface area contributed by atoms with E-state index in [0.29, 0.717) is 13.0 Å². The molecular weight excluding hydrogens is 178 g/mol. The molecular formula is C6H17NO4Si. The second-order valence-electron chi connectivity index (χ2n) is 2.31. The third kappa shape index (κ3) is 2.51. The van der Waals surface area contributed by atoms with E-state index in [0.717, 1.165) is 0 Å². The zero-order valence-corrected chi connectivity index (χ0v) is 8.74. The van der Waals surface area contributed by atoms with E-state index >= 15 is 0 Å². The van der Waals surface area contributed by atoms with Crippen LogP contribution >= 0.6 is 0 Å². The summed E-state index contributed by atoms with van der Waals surface area (Å²) in [7, 11) is 1.51. The summed E-state index contributed by atoms with van der Waals surface area (Å²) in [5, 5.41) is 9.57. The van der Waals surface area contributed by atoms with E-state index in [-0.39, 0.29) is 0 Å². The van der Waals surface area contributed by atoms with Gasteiger partial charge in [-0.15, -0.1) is 0 Å². The average Bonchev–Trinajstić information content (AvgIpc) is 2.09. The summed E-state index contributed by atoms with van der Waals surface area (Å²) in [4.78, 5) is 0. The average molecular weight is 195 g/mol. The summed E-state index contributed by atoms with van der Waals surface area (Å²) in [6.07, 6.45) is 0.418. The molecule has 0 aromatic heterocycles. The summed E-state index contributed by atoms with van der Waals surface area (Å²) < 4.78 is 15.1. The highest BCUT2D eigenvalue weighted by atomic mass is 28.4. The minimum atomic E-state index is -2.87. The zero-order valence-electron chi connectivity index (χ0n) is 7.74. The molecule has 12 heavy (non-hydrogen) atoms. The minimum absolute atomic E-state index is 0.381. The SMILES string of the molecule is CO[Si](OC)(OC)C(O)CCN. The van der Waals surface area contributed by atoms with Crippen LogP contribution in [0.15, 0.2) is 0 Å². The van der Waals surface area contributed by atoms with E-state index in [1.807, 2.05) is 0 Å². The molecule has 0 bridgehead atoms. The van der Waals surface area contributed by atoms with Gasteiger partial charge in [0, 0.05) is 21.3 Å².